The van der Waals surface area contributed by atoms with Crippen LogP contribution in [0, 0.1) is 0 Å². The minimum Gasteiger partial charge on any atom is -0.478 e. The van der Waals surface area contributed by atoms with Crippen LogP contribution in [0.3, 0.4) is 0 Å². The van der Waals surface area contributed by atoms with Gasteiger partial charge in [-0.1, -0.05) is 0 Å². The second-order valence-electron chi connectivity index (χ2n) is 5.83. The number of ether oxygens (including phenoxy) is 2. The largest absolute Gasteiger partial charge is 0.478 e. The van der Waals surface area contributed by atoms with E-state index in [0.29, 0.717) is 6.61 Å². The molecule has 1 amide bonds. The van der Waals surface area contributed by atoms with Crippen molar-refractivity contribution >= 4 is 27.4 Å². The number of sulfone groups is 1. The molecule has 1 heterocycles. The van der Waals surface area contributed by atoms with Crippen LogP contribution < -0.4 is 5.32 Å². The second kappa shape index (κ2) is 8.41. The Balaban J connectivity index is 1.92. The third-order valence-electron chi connectivity index (χ3n) is 3.67. The Morgan fingerprint density at radius 1 is 1.36 bits per heavy atom. The monoisotopic (exact) mass is 371 g/mol. The summed E-state index contributed by atoms with van der Waals surface area (Å²) >= 11 is 0. The maximum Gasteiger partial charge on any atom is 0.335 e. The van der Waals surface area contributed by atoms with Gasteiger partial charge in [0.25, 0.3) is 0 Å². The molecule has 1 saturated heterocycles. The lowest BCUT2D eigenvalue weighted by Gasteiger charge is -2.11. The lowest BCUT2D eigenvalue weighted by Crippen LogP contribution is -2.18. The molecule has 1 aromatic rings. The van der Waals surface area contributed by atoms with Crippen molar-refractivity contribution in [2.24, 2.45) is 0 Å². The van der Waals surface area contributed by atoms with Crippen molar-refractivity contribution in [3.63, 3.8) is 0 Å². The lowest BCUT2D eigenvalue weighted by molar-refractivity contribution is -0.117. The molecule has 1 aromatic carbocycles. The quantitative estimate of drug-likeness (QED) is 0.661. The van der Waals surface area contributed by atoms with E-state index in [1.54, 1.807) is 0 Å². The average molecular weight is 371 g/mol. The first kappa shape index (κ1) is 19.4. The molecule has 8 nitrogen and oxygen atoms in total. The number of carbonyl (C=O) groups excluding carboxylic acids is 1. The standard InChI is InChI=1S/C16H21NO7S/c1-25(21,22)14-8-11(16(19)20)7-12(9-14)17-15(18)4-6-23-10-13-3-2-5-24-13/h7-9,13H,2-6,10H2,1H3,(H,17,18)(H,19,20). The average Bonchev–Trinajstić information content (AvgIpc) is 3.03. The van der Waals surface area contributed by atoms with Crippen LogP contribution in [0.1, 0.15) is 29.6 Å². The number of benzene rings is 1. The van der Waals surface area contributed by atoms with Crippen molar-refractivity contribution in [3.05, 3.63) is 23.8 Å². The molecule has 2 N–H and O–H groups in total. The van der Waals surface area contributed by atoms with Crippen LogP contribution >= 0.6 is 0 Å². The van der Waals surface area contributed by atoms with Crippen molar-refractivity contribution in [1.82, 2.24) is 0 Å². The number of hydrogen-bond donors (Lipinski definition) is 2. The number of aromatic carboxylic acids is 1. The minimum absolute atomic E-state index is 0.0677. The number of carbonyl (C=O) groups is 2. The fourth-order valence-electron chi connectivity index (χ4n) is 2.39. The van der Waals surface area contributed by atoms with E-state index < -0.39 is 21.7 Å². The predicted octanol–water partition coefficient (Wildman–Crippen LogP) is 1.31. The Morgan fingerprint density at radius 3 is 2.72 bits per heavy atom. The molecule has 0 aromatic heterocycles. The number of nitrogens with one attached hydrogen (secondary N) is 1. The Hall–Kier alpha value is -1.97. The highest BCUT2D eigenvalue weighted by Gasteiger charge is 2.16. The topological polar surface area (TPSA) is 119 Å². The van der Waals surface area contributed by atoms with Crippen LogP contribution in [0.25, 0.3) is 0 Å². The third kappa shape index (κ3) is 6.11. The van der Waals surface area contributed by atoms with E-state index in [2.05, 4.69) is 5.32 Å². The first-order valence-electron chi connectivity index (χ1n) is 7.83. The van der Waals surface area contributed by atoms with Crippen LogP contribution in [-0.4, -0.2) is 57.6 Å². The van der Waals surface area contributed by atoms with Crippen LogP contribution in [0.5, 0.6) is 0 Å². The van der Waals surface area contributed by atoms with Gasteiger partial charge in [0.2, 0.25) is 5.91 Å². The molecule has 2 rings (SSSR count). The molecule has 0 radical (unpaired) electrons. The van der Waals surface area contributed by atoms with Gasteiger partial charge in [-0.25, -0.2) is 13.2 Å². The maximum absolute atomic E-state index is 11.9. The van der Waals surface area contributed by atoms with Crippen LogP contribution in [0.15, 0.2) is 23.1 Å². The van der Waals surface area contributed by atoms with Gasteiger partial charge in [0.15, 0.2) is 9.84 Å². The summed E-state index contributed by atoms with van der Waals surface area (Å²) in [5, 5.41) is 11.6. The summed E-state index contributed by atoms with van der Waals surface area (Å²) in [5.41, 5.74) is -0.0997. The lowest BCUT2D eigenvalue weighted by atomic mass is 10.2. The van der Waals surface area contributed by atoms with Crippen molar-refractivity contribution in [1.29, 1.82) is 0 Å². The Labute approximate surface area is 146 Å². The fraction of sp³-hybridized carbons (Fsp3) is 0.500. The molecule has 0 aliphatic carbocycles. The molecule has 9 heteroatoms. The zero-order valence-corrected chi connectivity index (χ0v) is 14.7. The van der Waals surface area contributed by atoms with Crippen LogP contribution in [0.4, 0.5) is 5.69 Å². The van der Waals surface area contributed by atoms with Crippen molar-refractivity contribution < 1.29 is 32.6 Å². The molecule has 1 aliphatic heterocycles. The van der Waals surface area contributed by atoms with E-state index in [1.165, 1.54) is 12.1 Å². The molecule has 1 atom stereocenters. The smallest absolute Gasteiger partial charge is 0.335 e. The Bertz CT molecular complexity index is 739. The normalized spacial score (nSPS) is 17.4. The highest BCUT2D eigenvalue weighted by atomic mass is 32.2. The first-order chi connectivity index (χ1) is 11.8. The summed E-state index contributed by atoms with van der Waals surface area (Å²) in [6.07, 6.45) is 3.07. The fourth-order valence-corrected chi connectivity index (χ4v) is 3.07. The number of anilines is 1. The summed E-state index contributed by atoms with van der Waals surface area (Å²) in [6.45, 7) is 1.36. The molecule has 25 heavy (non-hydrogen) atoms. The van der Waals surface area contributed by atoms with Crippen molar-refractivity contribution in [3.8, 4) is 0 Å². The van der Waals surface area contributed by atoms with E-state index >= 15 is 0 Å². The van der Waals surface area contributed by atoms with Gasteiger partial charge >= 0.3 is 5.97 Å². The molecule has 0 spiro atoms. The summed E-state index contributed by atoms with van der Waals surface area (Å²) in [6, 6.07) is 3.49. The van der Waals surface area contributed by atoms with Gasteiger partial charge in [0.1, 0.15) is 0 Å². The van der Waals surface area contributed by atoms with Gasteiger partial charge < -0.3 is 19.9 Å². The molecule has 1 unspecified atom stereocenters. The number of rotatable bonds is 8. The summed E-state index contributed by atoms with van der Waals surface area (Å²) in [7, 11) is -3.60. The molecular weight excluding hydrogens is 350 g/mol. The molecule has 138 valence electrons. The van der Waals surface area contributed by atoms with Gasteiger partial charge in [-0.15, -0.1) is 0 Å². The van der Waals surface area contributed by atoms with E-state index in [1.807, 2.05) is 0 Å². The van der Waals surface area contributed by atoms with E-state index in [4.69, 9.17) is 14.6 Å². The van der Waals surface area contributed by atoms with Gasteiger partial charge in [-0.3, -0.25) is 4.79 Å². The maximum atomic E-state index is 11.9. The Kier molecular flexibility index (Phi) is 6.51. The van der Waals surface area contributed by atoms with Crippen LogP contribution in [0.2, 0.25) is 0 Å². The van der Waals surface area contributed by atoms with E-state index in [-0.39, 0.29) is 35.3 Å². The van der Waals surface area contributed by atoms with Crippen molar-refractivity contribution in [2.75, 3.05) is 31.4 Å². The van der Waals surface area contributed by atoms with Gasteiger partial charge in [0.05, 0.1) is 36.2 Å². The number of carboxylic acid groups (broad SMARTS) is 1. The molecule has 0 saturated carbocycles. The van der Waals surface area contributed by atoms with Crippen molar-refractivity contribution in [2.45, 2.75) is 30.3 Å². The molecule has 0 bridgehead atoms. The molecule has 1 aliphatic rings. The van der Waals surface area contributed by atoms with Gasteiger partial charge in [0, 0.05) is 18.6 Å². The second-order valence-corrected chi connectivity index (χ2v) is 7.85. The number of carboxylic acids is 1. The summed E-state index contributed by atoms with van der Waals surface area (Å²) in [5.74, 6) is -1.67. The SMILES string of the molecule is CS(=O)(=O)c1cc(NC(=O)CCOCC2CCCO2)cc(C(=O)O)c1. The molecular formula is C16H21NO7S. The zero-order valence-electron chi connectivity index (χ0n) is 13.9. The van der Waals surface area contributed by atoms with E-state index in [0.717, 1.165) is 31.8 Å². The van der Waals surface area contributed by atoms with E-state index in [9.17, 15) is 18.0 Å². The van der Waals surface area contributed by atoms with Gasteiger partial charge in [-0.05, 0) is 31.0 Å². The Morgan fingerprint density at radius 2 is 2.12 bits per heavy atom. The summed E-state index contributed by atoms with van der Waals surface area (Å²) < 4.78 is 34.1. The highest BCUT2D eigenvalue weighted by molar-refractivity contribution is 7.90. The van der Waals surface area contributed by atoms with Crippen LogP contribution in [-0.2, 0) is 24.1 Å². The summed E-state index contributed by atoms with van der Waals surface area (Å²) in [4.78, 5) is 22.9. The minimum atomic E-state index is -3.60. The highest BCUT2D eigenvalue weighted by Crippen LogP contribution is 2.19. The number of hydrogen-bond acceptors (Lipinski definition) is 6. The van der Waals surface area contributed by atoms with Gasteiger partial charge in [-0.2, -0.15) is 0 Å². The third-order valence-corrected chi connectivity index (χ3v) is 4.76. The number of amides is 1. The first-order valence-corrected chi connectivity index (χ1v) is 9.72. The predicted molar refractivity (Wildman–Crippen MR) is 89.6 cm³/mol. The molecule has 1 fully saturated rings. The zero-order chi connectivity index (χ0) is 18.4.